The Morgan fingerprint density at radius 2 is 1.92 bits per heavy atom. The van der Waals surface area contributed by atoms with E-state index in [2.05, 4.69) is 20.6 Å². The standard InChI is InChI=1S/C29H26ClN5OS/c1-20-7-5-6-10-25(20)33-29(32-19-31)34-13-14-35(26(17-34)21-8-3-2-4-9-21)28(36)15-22-18-37-27-12-11-23(30)16-24(22)27/h2-12,16,18,26H,13-15,17H2,1H3,(H,32,33). The summed E-state index contributed by atoms with van der Waals surface area (Å²) in [6.45, 7) is 3.61. The molecule has 4 aromatic rings. The highest BCUT2D eigenvalue weighted by Crippen LogP contribution is 2.31. The number of carbonyl (C=O) groups is 1. The van der Waals surface area contributed by atoms with Crippen LogP contribution in [-0.4, -0.2) is 41.3 Å². The molecule has 0 saturated carbocycles. The number of halogens is 1. The van der Waals surface area contributed by atoms with E-state index in [1.807, 2.05) is 90.8 Å². The van der Waals surface area contributed by atoms with Crippen LogP contribution in [0.2, 0.25) is 5.02 Å². The van der Waals surface area contributed by atoms with Crippen molar-refractivity contribution >= 4 is 50.6 Å². The van der Waals surface area contributed by atoms with E-state index in [0.717, 1.165) is 32.5 Å². The Kier molecular flexibility index (Phi) is 7.40. The van der Waals surface area contributed by atoms with Crippen molar-refractivity contribution in [3.63, 3.8) is 0 Å². The second kappa shape index (κ2) is 11.0. The zero-order valence-electron chi connectivity index (χ0n) is 20.4. The van der Waals surface area contributed by atoms with E-state index in [0.29, 0.717) is 37.0 Å². The SMILES string of the molecule is Cc1ccccc1N/C(=N/C#N)N1CCN(C(=O)Cc2csc3ccc(Cl)cc23)C(c2ccccc2)C1. The van der Waals surface area contributed by atoms with Gasteiger partial charge in [-0.15, -0.1) is 16.3 Å². The van der Waals surface area contributed by atoms with Crippen LogP contribution in [0, 0.1) is 18.4 Å². The molecule has 8 heteroatoms. The first kappa shape index (κ1) is 24.8. The number of guanidine groups is 1. The molecule has 186 valence electrons. The molecule has 0 radical (unpaired) electrons. The van der Waals surface area contributed by atoms with Gasteiger partial charge in [-0.25, -0.2) is 0 Å². The first-order chi connectivity index (χ1) is 18.0. The number of benzene rings is 3. The van der Waals surface area contributed by atoms with Crippen LogP contribution in [0.1, 0.15) is 22.7 Å². The van der Waals surface area contributed by atoms with E-state index >= 15 is 0 Å². The van der Waals surface area contributed by atoms with Crippen LogP contribution >= 0.6 is 22.9 Å². The maximum absolute atomic E-state index is 13.7. The molecule has 1 unspecified atom stereocenters. The minimum absolute atomic E-state index is 0.0683. The summed E-state index contributed by atoms with van der Waals surface area (Å²) in [5.41, 5.74) is 4.00. The molecular weight excluding hydrogens is 502 g/mol. The first-order valence-corrected chi connectivity index (χ1v) is 13.3. The van der Waals surface area contributed by atoms with E-state index in [9.17, 15) is 10.1 Å². The predicted molar refractivity (Wildman–Crippen MR) is 151 cm³/mol. The summed E-state index contributed by atoms with van der Waals surface area (Å²) in [6, 6.07) is 23.6. The number of nitrogens with one attached hydrogen (secondary N) is 1. The number of nitriles is 1. The summed E-state index contributed by atoms with van der Waals surface area (Å²) in [4.78, 5) is 21.8. The third-order valence-electron chi connectivity index (χ3n) is 6.69. The van der Waals surface area contributed by atoms with Crippen molar-refractivity contribution in [1.29, 1.82) is 5.26 Å². The molecule has 6 nitrogen and oxygen atoms in total. The highest BCUT2D eigenvalue weighted by atomic mass is 35.5. The molecule has 0 bridgehead atoms. The van der Waals surface area contributed by atoms with Crippen molar-refractivity contribution in [1.82, 2.24) is 9.80 Å². The molecule has 2 heterocycles. The number of rotatable bonds is 4. The number of aliphatic imine (C=N–C) groups is 1. The predicted octanol–water partition coefficient (Wildman–Crippen LogP) is 6.24. The summed E-state index contributed by atoms with van der Waals surface area (Å²) < 4.78 is 1.12. The number of anilines is 1. The Bertz CT molecular complexity index is 1490. The summed E-state index contributed by atoms with van der Waals surface area (Å²) in [5.74, 6) is 0.558. The van der Waals surface area contributed by atoms with Crippen LogP contribution in [0.25, 0.3) is 10.1 Å². The van der Waals surface area contributed by atoms with Crippen molar-refractivity contribution in [2.24, 2.45) is 4.99 Å². The van der Waals surface area contributed by atoms with Gasteiger partial charge in [0.1, 0.15) is 0 Å². The third-order valence-corrected chi connectivity index (χ3v) is 7.94. The molecular formula is C29H26ClN5OS. The fourth-order valence-electron chi connectivity index (χ4n) is 4.75. The lowest BCUT2D eigenvalue weighted by molar-refractivity contribution is -0.134. The molecule has 1 atom stereocenters. The van der Waals surface area contributed by atoms with Crippen molar-refractivity contribution in [3.05, 3.63) is 99.9 Å². The molecule has 1 N–H and O–H groups in total. The van der Waals surface area contributed by atoms with Gasteiger partial charge in [0.15, 0.2) is 0 Å². The van der Waals surface area contributed by atoms with Gasteiger partial charge >= 0.3 is 0 Å². The molecule has 0 spiro atoms. The Balaban J connectivity index is 1.41. The highest BCUT2D eigenvalue weighted by Gasteiger charge is 2.33. The lowest BCUT2D eigenvalue weighted by atomic mass is 10.0. The zero-order chi connectivity index (χ0) is 25.8. The first-order valence-electron chi connectivity index (χ1n) is 12.1. The quantitative estimate of drug-likeness (QED) is 0.194. The van der Waals surface area contributed by atoms with Crippen LogP contribution in [-0.2, 0) is 11.2 Å². The van der Waals surface area contributed by atoms with Gasteiger partial charge in [0.2, 0.25) is 18.1 Å². The van der Waals surface area contributed by atoms with Gasteiger partial charge in [-0.1, -0.05) is 60.1 Å². The largest absolute Gasteiger partial charge is 0.338 e. The molecule has 3 aromatic carbocycles. The molecule has 5 rings (SSSR count). The van der Waals surface area contributed by atoms with Crippen LogP contribution in [0.4, 0.5) is 5.69 Å². The Morgan fingerprint density at radius 3 is 2.70 bits per heavy atom. The van der Waals surface area contributed by atoms with Gasteiger partial charge in [-0.05, 0) is 58.6 Å². The second-order valence-corrected chi connectivity index (χ2v) is 10.4. The molecule has 1 saturated heterocycles. The summed E-state index contributed by atoms with van der Waals surface area (Å²) in [6.07, 6.45) is 2.25. The van der Waals surface area contributed by atoms with Gasteiger partial charge in [0.05, 0.1) is 12.5 Å². The van der Waals surface area contributed by atoms with Crippen LogP contribution in [0.5, 0.6) is 0 Å². The second-order valence-electron chi connectivity index (χ2n) is 9.01. The normalized spacial score (nSPS) is 16.0. The number of hydrogen-bond acceptors (Lipinski definition) is 4. The third kappa shape index (κ3) is 5.46. The van der Waals surface area contributed by atoms with Gasteiger partial charge in [0, 0.05) is 35.0 Å². The minimum Gasteiger partial charge on any atom is -0.338 e. The number of thiophene rings is 1. The number of fused-ring (bicyclic) bond motifs is 1. The maximum Gasteiger partial charge on any atom is 0.227 e. The van der Waals surface area contributed by atoms with E-state index in [1.54, 1.807) is 11.3 Å². The fourth-order valence-corrected chi connectivity index (χ4v) is 5.86. The van der Waals surface area contributed by atoms with Gasteiger partial charge < -0.3 is 15.1 Å². The van der Waals surface area contributed by atoms with Crippen LogP contribution < -0.4 is 5.32 Å². The molecule has 0 aliphatic carbocycles. The molecule has 1 aliphatic heterocycles. The average molecular weight is 528 g/mol. The van der Waals surface area contributed by atoms with Crippen LogP contribution in [0.15, 0.2) is 83.2 Å². The van der Waals surface area contributed by atoms with Gasteiger partial charge in [0.25, 0.3) is 0 Å². The highest BCUT2D eigenvalue weighted by molar-refractivity contribution is 7.17. The summed E-state index contributed by atoms with van der Waals surface area (Å²) >= 11 is 7.87. The average Bonchev–Trinajstić information content (AvgIpc) is 3.31. The lowest BCUT2D eigenvalue weighted by Gasteiger charge is -2.42. The van der Waals surface area contributed by atoms with E-state index in [-0.39, 0.29) is 11.9 Å². The number of para-hydroxylation sites is 1. The number of hydrogen-bond donors (Lipinski definition) is 1. The van der Waals surface area contributed by atoms with Gasteiger partial charge in [-0.2, -0.15) is 5.26 Å². The van der Waals surface area contributed by atoms with Crippen molar-refractivity contribution in [2.75, 3.05) is 25.0 Å². The molecule has 1 aliphatic rings. The number of aryl methyl sites for hydroxylation is 1. The molecule has 1 aromatic heterocycles. The Morgan fingerprint density at radius 1 is 1.14 bits per heavy atom. The lowest BCUT2D eigenvalue weighted by Crippen LogP contribution is -2.54. The van der Waals surface area contributed by atoms with E-state index in [1.165, 1.54) is 0 Å². The summed E-state index contributed by atoms with van der Waals surface area (Å²) in [5, 5.41) is 16.5. The smallest absolute Gasteiger partial charge is 0.227 e. The monoisotopic (exact) mass is 527 g/mol. The zero-order valence-corrected chi connectivity index (χ0v) is 22.0. The van der Waals surface area contributed by atoms with E-state index < -0.39 is 0 Å². The van der Waals surface area contributed by atoms with E-state index in [4.69, 9.17) is 11.6 Å². The van der Waals surface area contributed by atoms with Crippen molar-refractivity contribution < 1.29 is 4.79 Å². The van der Waals surface area contributed by atoms with Crippen LogP contribution in [0.3, 0.4) is 0 Å². The van der Waals surface area contributed by atoms with Crippen molar-refractivity contribution in [2.45, 2.75) is 19.4 Å². The number of carbonyl (C=O) groups excluding carboxylic acids is 1. The minimum atomic E-state index is -0.182. The fraction of sp³-hybridized carbons (Fsp3) is 0.207. The maximum atomic E-state index is 13.7. The van der Waals surface area contributed by atoms with Gasteiger partial charge in [-0.3, -0.25) is 4.79 Å². The molecule has 37 heavy (non-hydrogen) atoms. The Hall–Kier alpha value is -3.86. The number of nitrogens with zero attached hydrogens (tertiary/aromatic N) is 4. The number of piperazine rings is 1. The molecule has 1 fully saturated rings. The summed E-state index contributed by atoms with van der Waals surface area (Å²) in [7, 11) is 0. The molecule has 1 amide bonds. The Labute approximate surface area is 225 Å². The topological polar surface area (TPSA) is 71.7 Å². The van der Waals surface area contributed by atoms with Crippen molar-refractivity contribution in [3.8, 4) is 6.19 Å². The number of amides is 1.